The van der Waals surface area contributed by atoms with Gasteiger partial charge in [-0.25, -0.2) is 4.39 Å². The van der Waals surface area contributed by atoms with Crippen molar-refractivity contribution in [2.75, 3.05) is 6.61 Å². The van der Waals surface area contributed by atoms with Crippen LogP contribution in [-0.4, -0.2) is 31.8 Å². The molecule has 0 radical (unpaired) electrons. The minimum absolute atomic E-state index is 0.319. The average molecular weight is 612 g/mol. The van der Waals surface area contributed by atoms with Crippen LogP contribution in [0.5, 0.6) is 5.75 Å². The van der Waals surface area contributed by atoms with Crippen LogP contribution in [0.3, 0.4) is 0 Å². The number of hydrogen-bond acceptors (Lipinski definition) is 5. The smallest absolute Gasteiger partial charge is 0.151 e. The monoisotopic (exact) mass is 610 g/mol. The van der Waals surface area contributed by atoms with E-state index in [1.807, 2.05) is 38.1 Å². The van der Waals surface area contributed by atoms with Crippen molar-refractivity contribution >= 4 is 48.3 Å². The van der Waals surface area contributed by atoms with Crippen LogP contribution in [-0.2, 0) is 0 Å². The minimum atomic E-state index is -0.319. The molecule has 0 aliphatic carbocycles. The van der Waals surface area contributed by atoms with Crippen molar-refractivity contribution in [2.24, 2.45) is 0 Å². The molecule has 220 valence electrons. The number of halogens is 3. The van der Waals surface area contributed by atoms with E-state index in [1.165, 1.54) is 24.3 Å². The number of benzene rings is 4. The van der Waals surface area contributed by atoms with E-state index in [0.29, 0.717) is 38.6 Å². The van der Waals surface area contributed by atoms with Crippen molar-refractivity contribution in [3.8, 4) is 5.75 Å². The topological polar surface area (TPSA) is 77.5 Å². The fraction of sp³-hybridized carbons (Fsp3) is 0.176. The van der Waals surface area contributed by atoms with Crippen LogP contribution >= 0.6 is 23.2 Å². The molecule has 0 atom stereocenters. The molecule has 8 heteroatoms. The molecule has 0 aliphatic rings. The molecule has 4 aromatic carbocycles. The van der Waals surface area contributed by atoms with Gasteiger partial charge in [-0.3, -0.25) is 19.2 Å². The summed E-state index contributed by atoms with van der Waals surface area (Å²) in [5.74, 6) is 0.514. The van der Waals surface area contributed by atoms with Gasteiger partial charge in [0, 0.05) is 27.3 Å². The summed E-state index contributed by atoms with van der Waals surface area (Å²) < 4.78 is 17.5. The Labute approximate surface area is 256 Å². The number of aryl methyl sites for hydroxylation is 2. The number of aldehydes is 4. The third-order valence-corrected chi connectivity index (χ3v) is 6.00. The van der Waals surface area contributed by atoms with E-state index < -0.39 is 0 Å². The Kier molecular flexibility index (Phi) is 17.7. The minimum Gasteiger partial charge on any atom is -0.494 e. The van der Waals surface area contributed by atoms with Crippen molar-refractivity contribution in [1.82, 2.24) is 0 Å². The Balaban J connectivity index is 0.000000283. The summed E-state index contributed by atoms with van der Waals surface area (Å²) >= 11 is 11.3. The van der Waals surface area contributed by atoms with Crippen molar-refractivity contribution in [1.29, 1.82) is 0 Å². The number of rotatable bonds is 8. The molecule has 0 bridgehead atoms. The molecule has 0 saturated heterocycles. The lowest BCUT2D eigenvalue weighted by molar-refractivity contribution is 0.111. The molecular weight excluding hydrogens is 578 g/mol. The van der Waals surface area contributed by atoms with E-state index in [4.69, 9.17) is 27.9 Å². The van der Waals surface area contributed by atoms with Crippen molar-refractivity contribution < 1.29 is 28.3 Å². The summed E-state index contributed by atoms with van der Waals surface area (Å²) in [7, 11) is 0. The van der Waals surface area contributed by atoms with Gasteiger partial charge in [0.15, 0.2) is 6.29 Å². The zero-order valence-electron chi connectivity index (χ0n) is 23.7. The number of hydrogen-bond donors (Lipinski definition) is 0. The quantitative estimate of drug-likeness (QED) is 0.147. The summed E-state index contributed by atoms with van der Waals surface area (Å²) in [6, 6.07) is 23.1. The molecule has 0 fully saturated rings. The van der Waals surface area contributed by atoms with Crippen LogP contribution in [0.15, 0.2) is 84.9 Å². The maximum absolute atomic E-state index is 12.1. The van der Waals surface area contributed by atoms with Gasteiger partial charge in [0.05, 0.1) is 11.6 Å². The lowest BCUT2D eigenvalue weighted by Crippen LogP contribution is -1.96. The predicted octanol–water partition coefficient (Wildman–Crippen LogP) is 9.24. The molecule has 0 saturated carbocycles. The zero-order chi connectivity index (χ0) is 31.3. The highest BCUT2D eigenvalue weighted by Crippen LogP contribution is 2.15. The third kappa shape index (κ3) is 14.5. The zero-order valence-corrected chi connectivity index (χ0v) is 25.2. The maximum atomic E-state index is 12.1. The normalized spacial score (nSPS) is 9.38. The van der Waals surface area contributed by atoms with Gasteiger partial charge in [-0.2, -0.15) is 0 Å². The molecule has 0 aliphatic heterocycles. The summed E-state index contributed by atoms with van der Waals surface area (Å²) in [6.07, 6.45) is 5.26. The standard InChI is InChI=1S/C11H14O2.2C8H7ClO.C7H5FO/c1-2-3-8-13-11-6-4-10(9-12)5-7-11;1-6-2-3-8(9)4-7(6)5-10;1-6-2-3-7(5-10)8(9)4-6;8-7-3-1-6(5-9)2-4-7/h4-7,9H,2-3,8H2,1H3;2*2-5H,1H3;1-5H. The van der Waals surface area contributed by atoms with Crippen molar-refractivity contribution in [3.63, 3.8) is 0 Å². The Morgan fingerprint density at radius 1 is 0.690 bits per heavy atom. The molecule has 4 rings (SSSR count). The molecule has 0 spiro atoms. The first-order valence-corrected chi connectivity index (χ1v) is 13.7. The first kappa shape index (κ1) is 35.9. The van der Waals surface area contributed by atoms with E-state index in [0.717, 1.165) is 55.2 Å². The molecule has 4 aromatic rings. The highest BCUT2D eigenvalue weighted by Gasteiger charge is 1.97. The van der Waals surface area contributed by atoms with Crippen LogP contribution in [0.25, 0.3) is 0 Å². The Morgan fingerprint density at radius 3 is 1.74 bits per heavy atom. The number of carbonyl (C=O) groups is 4. The van der Waals surface area contributed by atoms with Gasteiger partial charge in [0.2, 0.25) is 0 Å². The molecule has 0 aromatic heterocycles. The van der Waals surface area contributed by atoms with E-state index in [2.05, 4.69) is 6.92 Å². The van der Waals surface area contributed by atoms with Crippen molar-refractivity contribution in [2.45, 2.75) is 33.6 Å². The second kappa shape index (κ2) is 20.7. The second-order valence-electron chi connectivity index (χ2n) is 8.82. The first-order chi connectivity index (χ1) is 20.2. The molecular formula is C34H33Cl2FO5. The van der Waals surface area contributed by atoms with Gasteiger partial charge in [0.1, 0.15) is 30.4 Å². The van der Waals surface area contributed by atoms with Crippen LogP contribution in [0.4, 0.5) is 4.39 Å². The van der Waals surface area contributed by atoms with Crippen molar-refractivity contribution in [3.05, 3.63) is 134 Å². The summed E-state index contributed by atoms with van der Waals surface area (Å²) in [6.45, 7) is 6.68. The molecule has 0 unspecified atom stereocenters. The van der Waals surface area contributed by atoms with Crippen LogP contribution in [0.2, 0.25) is 10.0 Å². The number of ether oxygens (including phenoxy) is 1. The molecule has 5 nitrogen and oxygen atoms in total. The summed E-state index contributed by atoms with van der Waals surface area (Å²) in [4.78, 5) is 40.9. The largest absolute Gasteiger partial charge is 0.494 e. The SMILES string of the molecule is CCCCOc1ccc(C=O)cc1.Cc1ccc(C=O)c(Cl)c1.Cc1ccc(Cl)cc1C=O.O=Cc1ccc(F)cc1. The third-order valence-electron chi connectivity index (χ3n) is 5.44. The fourth-order valence-corrected chi connectivity index (χ4v) is 3.44. The highest BCUT2D eigenvalue weighted by atomic mass is 35.5. The summed E-state index contributed by atoms with van der Waals surface area (Å²) in [5.41, 5.74) is 4.41. The Bertz CT molecular complexity index is 1400. The van der Waals surface area contributed by atoms with E-state index in [9.17, 15) is 23.6 Å². The number of carbonyl (C=O) groups excluding carboxylic acids is 4. The Morgan fingerprint density at radius 2 is 1.26 bits per heavy atom. The van der Waals surface area contributed by atoms with E-state index in [-0.39, 0.29) is 5.82 Å². The highest BCUT2D eigenvalue weighted by molar-refractivity contribution is 6.33. The van der Waals surface area contributed by atoms with E-state index >= 15 is 0 Å². The van der Waals surface area contributed by atoms with Gasteiger partial charge in [-0.1, -0.05) is 48.7 Å². The maximum Gasteiger partial charge on any atom is 0.151 e. The number of unbranched alkanes of at least 4 members (excludes halogenated alkanes) is 1. The second-order valence-corrected chi connectivity index (χ2v) is 9.66. The van der Waals surface area contributed by atoms with Crippen LogP contribution < -0.4 is 4.74 Å². The predicted molar refractivity (Wildman–Crippen MR) is 167 cm³/mol. The van der Waals surface area contributed by atoms with Gasteiger partial charge in [0.25, 0.3) is 0 Å². The lowest BCUT2D eigenvalue weighted by Gasteiger charge is -2.04. The first-order valence-electron chi connectivity index (χ1n) is 13.0. The average Bonchev–Trinajstić information content (AvgIpc) is 3.00. The Hall–Kier alpha value is -4.13. The summed E-state index contributed by atoms with van der Waals surface area (Å²) in [5, 5.41) is 1.13. The molecule has 42 heavy (non-hydrogen) atoms. The van der Waals surface area contributed by atoms with Gasteiger partial charge < -0.3 is 4.74 Å². The molecule has 0 amide bonds. The van der Waals surface area contributed by atoms with Gasteiger partial charge in [-0.15, -0.1) is 0 Å². The van der Waals surface area contributed by atoms with Gasteiger partial charge in [-0.05, 0) is 104 Å². The fourth-order valence-electron chi connectivity index (χ4n) is 2.98. The molecule has 0 heterocycles. The van der Waals surface area contributed by atoms with E-state index in [1.54, 1.807) is 36.4 Å². The van der Waals surface area contributed by atoms with Crippen LogP contribution in [0, 0.1) is 19.7 Å². The van der Waals surface area contributed by atoms with Crippen LogP contribution in [0.1, 0.15) is 72.3 Å². The molecule has 0 N–H and O–H groups in total. The lowest BCUT2D eigenvalue weighted by atomic mass is 10.1. The van der Waals surface area contributed by atoms with Gasteiger partial charge >= 0.3 is 0 Å².